The number of rotatable bonds is 2. The minimum Gasteiger partial charge on any atom is -0.368 e. The fourth-order valence-electron chi connectivity index (χ4n) is 2.35. The molecule has 0 saturated carbocycles. The van der Waals surface area contributed by atoms with E-state index in [1.54, 1.807) is 18.3 Å². The highest BCUT2D eigenvalue weighted by Crippen LogP contribution is 2.12. The van der Waals surface area contributed by atoms with Crippen LogP contribution in [0.2, 0.25) is 0 Å². The zero-order chi connectivity index (χ0) is 14.1. The van der Waals surface area contributed by atoms with Crippen molar-refractivity contribution in [3.63, 3.8) is 0 Å². The summed E-state index contributed by atoms with van der Waals surface area (Å²) in [5.74, 6) is 0.182. The van der Waals surface area contributed by atoms with Crippen molar-refractivity contribution in [2.45, 2.75) is 6.04 Å². The predicted octanol–water partition coefficient (Wildman–Crippen LogP) is -1.04. The molecule has 0 aromatic carbocycles. The van der Waals surface area contributed by atoms with Crippen LogP contribution in [0.3, 0.4) is 0 Å². The maximum atomic E-state index is 12.0. The molecule has 0 aliphatic carbocycles. The molecule has 0 spiro atoms. The highest BCUT2D eigenvalue weighted by atomic mass is 16.1. The van der Waals surface area contributed by atoms with E-state index in [1.807, 2.05) is 11.0 Å². The Labute approximate surface area is 115 Å². The first kappa shape index (κ1) is 12.6. The van der Waals surface area contributed by atoms with Crippen LogP contribution >= 0.6 is 0 Å². The van der Waals surface area contributed by atoms with Crippen molar-refractivity contribution in [1.82, 2.24) is 14.7 Å². The Kier molecular flexibility index (Phi) is 3.11. The number of piperazine rings is 1. The number of pyridine rings is 1. The van der Waals surface area contributed by atoms with Crippen LogP contribution in [0.25, 0.3) is 5.65 Å². The summed E-state index contributed by atoms with van der Waals surface area (Å²) in [6.07, 6.45) is 1.68. The standard InChI is InChI=1S/C13H15N5O2/c14-13(20)9-8-17(6-4-15-9)11-7-12(19)18-5-2-1-3-10(18)16-11/h1-3,5,7,9,15H,4,6,8H2,(H2,14,20)/t9-/m0/s1. The summed E-state index contributed by atoms with van der Waals surface area (Å²) >= 11 is 0. The number of nitrogens with zero attached hydrogens (tertiary/aromatic N) is 3. The molecular weight excluding hydrogens is 258 g/mol. The van der Waals surface area contributed by atoms with Gasteiger partial charge >= 0.3 is 0 Å². The number of nitrogens with one attached hydrogen (secondary N) is 1. The number of aromatic nitrogens is 2. The van der Waals surface area contributed by atoms with E-state index in [0.29, 0.717) is 31.1 Å². The largest absolute Gasteiger partial charge is 0.368 e. The third-order valence-electron chi connectivity index (χ3n) is 3.40. The van der Waals surface area contributed by atoms with Gasteiger partial charge in [-0.25, -0.2) is 4.98 Å². The molecule has 3 heterocycles. The Hall–Kier alpha value is -2.41. The molecular formula is C13H15N5O2. The molecule has 1 amide bonds. The van der Waals surface area contributed by atoms with Gasteiger partial charge in [-0.3, -0.25) is 14.0 Å². The topological polar surface area (TPSA) is 92.7 Å². The molecule has 1 atom stereocenters. The number of primary amides is 1. The lowest BCUT2D eigenvalue weighted by Crippen LogP contribution is -2.56. The summed E-state index contributed by atoms with van der Waals surface area (Å²) in [5.41, 5.74) is 5.76. The van der Waals surface area contributed by atoms with Crippen LogP contribution in [0.5, 0.6) is 0 Å². The summed E-state index contributed by atoms with van der Waals surface area (Å²) in [5, 5.41) is 3.04. The van der Waals surface area contributed by atoms with Crippen LogP contribution in [-0.4, -0.2) is 41.0 Å². The van der Waals surface area contributed by atoms with E-state index >= 15 is 0 Å². The molecule has 3 rings (SSSR count). The van der Waals surface area contributed by atoms with Gasteiger partial charge in [-0.05, 0) is 12.1 Å². The van der Waals surface area contributed by atoms with Gasteiger partial charge in [0.2, 0.25) is 5.91 Å². The molecule has 1 aliphatic rings. The van der Waals surface area contributed by atoms with Crippen molar-refractivity contribution in [3.05, 3.63) is 40.8 Å². The second-order valence-corrected chi connectivity index (χ2v) is 4.74. The number of nitrogens with two attached hydrogens (primary N) is 1. The molecule has 2 aromatic rings. The first-order valence-corrected chi connectivity index (χ1v) is 6.41. The van der Waals surface area contributed by atoms with Crippen molar-refractivity contribution < 1.29 is 4.79 Å². The maximum Gasteiger partial charge on any atom is 0.259 e. The van der Waals surface area contributed by atoms with Crippen molar-refractivity contribution >= 4 is 17.4 Å². The molecule has 104 valence electrons. The van der Waals surface area contributed by atoms with Gasteiger partial charge in [-0.1, -0.05) is 6.07 Å². The summed E-state index contributed by atoms with van der Waals surface area (Å²) < 4.78 is 1.48. The van der Waals surface area contributed by atoms with Crippen LogP contribution in [0, 0.1) is 0 Å². The van der Waals surface area contributed by atoms with E-state index in [1.165, 1.54) is 10.5 Å². The summed E-state index contributed by atoms with van der Waals surface area (Å²) in [6.45, 7) is 1.73. The number of hydrogen-bond acceptors (Lipinski definition) is 5. The fraction of sp³-hybridized carbons (Fsp3) is 0.308. The van der Waals surface area contributed by atoms with Crippen LogP contribution in [-0.2, 0) is 4.79 Å². The summed E-state index contributed by atoms with van der Waals surface area (Å²) in [4.78, 5) is 29.7. The molecule has 0 bridgehead atoms. The number of carbonyl (C=O) groups is 1. The molecule has 0 unspecified atom stereocenters. The predicted molar refractivity (Wildman–Crippen MR) is 74.7 cm³/mol. The number of amides is 1. The van der Waals surface area contributed by atoms with Crippen LogP contribution in [0.4, 0.5) is 5.82 Å². The van der Waals surface area contributed by atoms with Crippen molar-refractivity contribution in [2.24, 2.45) is 5.73 Å². The lowest BCUT2D eigenvalue weighted by Gasteiger charge is -2.32. The lowest BCUT2D eigenvalue weighted by molar-refractivity contribution is -0.120. The summed E-state index contributed by atoms with van der Waals surface area (Å²) in [7, 11) is 0. The number of anilines is 1. The monoisotopic (exact) mass is 273 g/mol. The smallest absolute Gasteiger partial charge is 0.259 e. The second kappa shape index (κ2) is 4.93. The van der Waals surface area contributed by atoms with Crippen molar-refractivity contribution in [2.75, 3.05) is 24.5 Å². The quantitative estimate of drug-likeness (QED) is 0.729. The minimum atomic E-state index is -0.417. The average molecular weight is 273 g/mol. The highest BCUT2D eigenvalue weighted by Gasteiger charge is 2.24. The molecule has 2 aromatic heterocycles. The van der Waals surface area contributed by atoms with Crippen LogP contribution in [0.1, 0.15) is 0 Å². The number of fused-ring (bicyclic) bond motifs is 1. The average Bonchev–Trinajstić information content (AvgIpc) is 2.47. The van der Waals surface area contributed by atoms with E-state index < -0.39 is 11.9 Å². The second-order valence-electron chi connectivity index (χ2n) is 4.74. The first-order valence-electron chi connectivity index (χ1n) is 6.41. The molecule has 1 saturated heterocycles. The van der Waals surface area contributed by atoms with Gasteiger partial charge in [-0.2, -0.15) is 0 Å². The van der Waals surface area contributed by atoms with Crippen molar-refractivity contribution in [3.8, 4) is 0 Å². The number of hydrogen-bond donors (Lipinski definition) is 2. The van der Waals surface area contributed by atoms with Crippen molar-refractivity contribution in [1.29, 1.82) is 0 Å². The lowest BCUT2D eigenvalue weighted by atomic mass is 10.2. The van der Waals surface area contributed by atoms with E-state index in [2.05, 4.69) is 10.3 Å². The van der Waals surface area contributed by atoms with Crippen LogP contribution in [0.15, 0.2) is 35.3 Å². The molecule has 7 heteroatoms. The third kappa shape index (κ3) is 2.23. The molecule has 20 heavy (non-hydrogen) atoms. The molecule has 3 N–H and O–H groups in total. The SMILES string of the molecule is NC(=O)[C@@H]1CN(c2cc(=O)n3ccccc3n2)CCN1. The summed E-state index contributed by atoms with van der Waals surface area (Å²) in [6, 6.07) is 6.45. The first-order chi connectivity index (χ1) is 9.65. The van der Waals surface area contributed by atoms with Gasteiger partial charge in [-0.15, -0.1) is 0 Å². The van der Waals surface area contributed by atoms with Gasteiger partial charge < -0.3 is 16.0 Å². The molecule has 7 nitrogen and oxygen atoms in total. The normalized spacial score (nSPS) is 19.2. The van der Waals surface area contributed by atoms with E-state index in [4.69, 9.17) is 5.73 Å². The molecule has 1 fully saturated rings. The van der Waals surface area contributed by atoms with Gasteiger partial charge in [0.05, 0.1) is 0 Å². The maximum absolute atomic E-state index is 12.0. The Balaban J connectivity index is 1.98. The zero-order valence-electron chi connectivity index (χ0n) is 10.8. The van der Waals surface area contributed by atoms with Gasteiger partial charge in [0.1, 0.15) is 17.5 Å². The minimum absolute atomic E-state index is 0.139. The third-order valence-corrected chi connectivity index (χ3v) is 3.40. The van der Waals surface area contributed by atoms with E-state index in [-0.39, 0.29) is 5.56 Å². The fourth-order valence-corrected chi connectivity index (χ4v) is 2.35. The van der Waals surface area contributed by atoms with Gasteiger partial charge in [0, 0.05) is 31.9 Å². The Morgan fingerprint density at radius 3 is 3.10 bits per heavy atom. The Morgan fingerprint density at radius 2 is 2.30 bits per heavy atom. The van der Waals surface area contributed by atoms with Crippen LogP contribution < -0.4 is 21.5 Å². The van der Waals surface area contributed by atoms with Gasteiger partial charge in [0.25, 0.3) is 5.56 Å². The molecule has 1 aliphatic heterocycles. The molecule has 0 radical (unpaired) electrons. The van der Waals surface area contributed by atoms with E-state index in [0.717, 1.165) is 0 Å². The highest BCUT2D eigenvalue weighted by molar-refractivity contribution is 5.80. The zero-order valence-corrected chi connectivity index (χ0v) is 10.8. The Bertz CT molecular complexity index is 711. The number of carbonyl (C=O) groups excluding carboxylic acids is 1. The van der Waals surface area contributed by atoms with E-state index in [9.17, 15) is 9.59 Å². The van der Waals surface area contributed by atoms with Gasteiger partial charge in [0.15, 0.2) is 0 Å². The Morgan fingerprint density at radius 1 is 1.45 bits per heavy atom.